The third-order valence-corrected chi connectivity index (χ3v) is 4.25. The summed E-state index contributed by atoms with van der Waals surface area (Å²) in [5.74, 6) is -0.482. The third-order valence-electron chi connectivity index (χ3n) is 4.25. The van der Waals surface area contributed by atoms with Crippen LogP contribution in [0.2, 0.25) is 0 Å². The molecule has 144 valence electrons. The molecule has 2 N–H and O–H groups in total. The van der Waals surface area contributed by atoms with E-state index < -0.39 is 18.0 Å². The molecule has 28 heavy (non-hydrogen) atoms. The Hall–Kier alpha value is -3.61. The number of ether oxygens (including phenoxy) is 2. The number of aromatic amines is 1. The van der Waals surface area contributed by atoms with Crippen molar-refractivity contribution < 1.29 is 19.1 Å². The molecular weight excluding hydrogens is 360 g/mol. The number of benzene rings is 2. The summed E-state index contributed by atoms with van der Waals surface area (Å²) in [4.78, 5) is 39.1. The summed E-state index contributed by atoms with van der Waals surface area (Å²) < 4.78 is 10.3. The lowest BCUT2D eigenvalue weighted by molar-refractivity contribution is -0.129. The number of H-pyrrole nitrogens is 1. The predicted octanol–water partition coefficient (Wildman–Crippen LogP) is 2.40. The van der Waals surface area contributed by atoms with Gasteiger partial charge in [-0.25, -0.2) is 4.79 Å². The Morgan fingerprint density at radius 3 is 2.54 bits per heavy atom. The van der Waals surface area contributed by atoms with Crippen LogP contribution in [0.1, 0.15) is 23.0 Å². The van der Waals surface area contributed by atoms with Crippen LogP contribution in [0.25, 0.3) is 10.8 Å². The van der Waals surface area contributed by atoms with Crippen molar-refractivity contribution in [2.24, 2.45) is 0 Å². The number of fused-ring (bicyclic) bond motifs is 1. The van der Waals surface area contributed by atoms with Crippen LogP contribution in [-0.4, -0.2) is 30.1 Å². The van der Waals surface area contributed by atoms with Gasteiger partial charge in [0.1, 0.15) is 11.4 Å². The zero-order valence-corrected chi connectivity index (χ0v) is 15.5. The van der Waals surface area contributed by atoms with Crippen molar-refractivity contribution >= 4 is 22.6 Å². The van der Waals surface area contributed by atoms with E-state index in [1.165, 1.54) is 13.0 Å². The van der Waals surface area contributed by atoms with Gasteiger partial charge in [0.05, 0.1) is 7.11 Å². The topological polar surface area (TPSA) is 97.5 Å². The van der Waals surface area contributed by atoms with Crippen LogP contribution in [0.3, 0.4) is 0 Å². The van der Waals surface area contributed by atoms with Crippen molar-refractivity contribution in [2.75, 3.05) is 7.11 Å². The first kappa shape index (κ1) is 19.2. The summed E-state index contributed by atoms with van der Waals surface area (Å²) in [5.41, 5.74) is 0.492. The highest BCUT2D eigenvalue weighted by Gasteiger charge is 2.20. The van der Waals surface area contributed by atoms with E-state index in [1.807, 2.05) is 12.1 Å². The van der Waals surface area contributed by atoms with Gasteiger partial charge >= 0.3 is 5.97 Å². The van der Waals surface area contributed by atoms with E-state index in [0.717, 1.165) is 11.3 Å². The summed E-state index contributed by atoms with van der Waals surface area (Å²) in [6.45, 7) is 1.76. The standard InChI is InChI=1S/C21H20N2O5/c1-13(19(24)22-12-14-7-9-16(27-2)10-8-14)28-21(26)18-11-15-5-3-4-6-17(15)20(25)23-18/h3-11,13H,12H2,1-2H3,(H,22,24)(H,23,25). The van der Waals surface area contributed by atoms with Gasteiger partial charge in [-0.05, 0) is 42.1 Å². The molecule has 3 rings (SSSR count). The molecule has 1 atom stereocenters. The molecule has 0 radical (unpaired) electrons. The second-order valence-corrected chi connectivity index (χ2v) is 6.21. The molecule has 1 unspecified atom stereocenters. The smallest absolute Gasteiger partial charge is 0.355 e. The monoisotopic (exact) mass is 380 g/mol. The Labute approximate surface area is 161 Å². The molecular formula is C21H20N2O5. The lowest BCUT2D eigenvalue weighted by Gasteiger charge is -2.14. The number of rotatable bonds is 6. The van der Waals surface area contributed by atoms with Crippen LogP contribution in [0.4, 0.5) is 0 Å². The number of esters is 1. The average molecular weight is 380 g/mol. The fraction of sp³-hybridized carbons (Fsp3) is 0.190. The molecule has 7 heteroatoms. The highest BCUT2D eigenvalue weighted by Crippen LogP contribution is 2.12. The molecule has 1 heterocycles. The Morgan fingerprint density at radius 1 is 1.11 bits per heavy atom. The van der Waals surface area contributed by atoms with Crippen LogP contribution < -0.4 is 15.6 Å². The van der Waals surface area contributed by atoms with Crippen molar-refractivity contribution in [1.29, 1.82) is 0 Å². The van der Waals surface area contributed by atoms with Crippen molar-refractivity contribution in [3.8, 4) is 5.75 Å². The van der Waals surface area contributed by atoms with Gasteiger partial charge in [0, 0.05) is 11.9 Å². The lowest BCUT2D eigenvalue weighted by Crippen LogP contribution is -2.35. The largest absolute Gasteiger partial charge is 0.497 e. The first-order valence-corrected chi connectivity index (χ1v) is 8.71. The third kappa shape index (κ3) is 4.37. The molecule has 0 saturated carbocycles. The Bertz CT molecular complexity index is 1060. The number of methoxy groups -OCH3 is 1. The van der Waals surface area contributed by atoms with Crippen molar-refractivity contribution in [1.82, 2.24) is 10.3 Å². The quantitative estimate of drug-likeness (QED) is 0.640. The van der Waals surface area contributed by atoms with Gasteiger partial charge in [-0.1, -0.05) is 30.3 Å². The molecule has 0 aliphatic heterocycles. The van der Waals surface area contributed by atoms with Gasteiger partial charge in [-0.2, -0.15) is 0 Å². The normalized spacial score (nSPS) is 11.6. The molecule has 0 aliphatic carbocycles. The van der Waals surface area contributed by atoms with Gasteiger partial charge < -0.3 is 19.8 Å². The number of pyridine rings is 1. The van der Waals surface area contributed by atoms with E-state index in [1.54, 1.807) is 43.5 Å². The van der Waals surface area contributed by atoms with Crippen molar-refractivity contribution in [2.45, 2.75) is 19.6 Å². The maximum absolute atomic E-state index is 12.3. The average Bonchev–Trinajstić information content (AvgIpc) is 2.72. The number of amides is 1. The maximum Gasteiger partial charge on any atom is 0.355 e. The molecule has 2 aromatic carbocycles. The highest BCUT2D eigenvalue weighted by atomic mass is 16.5. The molecule has 1 aromatic heterocycles. The minimum atomic E-state index is -1.01. The molecule has 0 aliphatic rings. The van der Waals surface area contributed by atoms with E-state index >= 15 is 0 Å². The number of aromatic nitrogens is 1. The zero-order valence-electron chi connectivity index (χ0n) is 15.5. The lowest BCUT2D eigenvalue weighted by atomic mass is 10.1. The highest BCUT2D eigenvalue weighted by molar-refractivity contribution is 5.94. The first-order valence-electron chi connectivity index (χ1n) is 8.71. The van der Waals surface area contributed by atoms with E-state index in [0.29, 0.717) is 10.8 Å². The van der Waals surface area contributed by atoms with Crippen LogP contribution in [0.15, 0.2) is 59.4 Å². The summed E-state index contributed by atoms with van der Waals surface area (Å²) >= 11 is 0. The maximum atomic E-state index is 12.3. The van der Waals surface area contributed by atoms with E-state index in [2.05, 4.69) is 10.3 Å². The summed E-state index contributed by atoms with van der Waals surface area (Å²) in [6, 6.07) is 15.7. The first-order chi connectivity index (χ1) is 13.5. The Balaban J connectivity index is 1.61. The molecule has 0 fully saturated rings. The fourth-order valence-corrected chi connectivity index (χ4v) is 2.67. The molecule has 1 amide bonds. The minimum absolute atomic E-state index is 0.00138. The Morgan fingerprint density at radius 2 is 1.82 bits per heavy atom. The molecule has 0 spiro atoms. The summed E-state index contributed by atoms with van der Waals surface area (Å²) in [5, 5.41) is 3.80. The van der Waals surface area contributed by atoms with E-state index in [4.69, 9.17) is 9.47 Å². The Kier molecular flexibility index (Phi) is 5.74. The van der Waals surface area contributed by atoms with E-state index in [9.17, 15) is 14.4 Å². The van der Waals surface area contributed by atoms with Crippen LogP contribution in [0, 0.1) is 0 Å². The summed E-state index contributed by atoms with van der Waals surface area (Å²) in [7, 11) is 1.58. The number of hydrogen-bond acceptors (Lipinski definition) is 5. The van der Waals surface area contributed by atoms with Gasteiger partial charge in [0.25, 0.3) is 11.5 Å². The fourth-order valence-electron chi connectivity index (χ4n) is 2.67. The van der Waals surface area contributed by atoms with Gasteiger partial charge in [-0.3, -0.25) is 9.59 Å². The van der Waals surface area contributed by atoms with Crippen LogP contribution in [-0.2, 0) is 16.1 Å². The number of nitrogens with one attached hydrogen (secondary N) is 2. The number of hydrogen-bond donors (Lipinski definition) is 2. The van der Waals surface area contributed by atoms with E-state index in [-0.39, 0.29) is 17.8 Å². The second kappa shape index (κ2) is 8.39. The molecule has 7 nitrogen and oxygen atoms in total. The number of carbonyl (C=O) groups is 2. The SMILES string of the molecule is COc1ccc(CNC(=O)C(C)OC(=O)c2cc3ccccc3c(=O)[nH]2)cc1. The molecule has 3 aromatic rings. The molecule has 0 bridgehead atoms. The summed E-state index contributed by atoms with van der Waals surface area (Å²) in [6.07, 6.45) is -1.01. The zero-order chi connectivity index (χ0) is 20.1. The van der Waals surface area contributed by atoms with Gasteiger partial charge in [0.15, 0.2) is 6.10 Å². The van der Waals surface area contributed by atoms with Gasteiger partial charge in [0.2, 0.25) is 0 Å². The molecule has 0 saturated heterocycles. The van der Waals surface area contributed by atoms with Crippen LogP contribution in [0.5, 0.6) is 5.75 Å². The van der Waals surface area contributed by atoms with Gasteiger partial charge in [-0.15, -0.1) is 0 Å². The van der Waals surface area contributed by atoms with Crippen molar-refractivity contribution in [3.05, 3.63) is 76.2 Å². The van der Waals surface area contributed by atoms with Crippen LogP contribution >= 0.6 is 0 Å². The minimum Gasteiger partial charge on any atom is -0.497 e. The predicted molar refractivity (Wildman–Crippen MR) is 104 cm³/mol. The van der Waals surface area contributed by atoms with Crippen molar-refractivity contribution in [3.63, 3.8) is 0 Å². The second-order valence-electron chi connectivity index (χ2n) is 6.21. The number of carbonyl (C=O) groups excluding carboxylic acids is 2.